The molecule has 55 heavy (non-hydrogen) atoms. The van der Waals surface area contributed by atoms with Crippen LogP contribution in [0.2, 0.25) is 18.6 Å². The van der Waals surface area contributed by atoms with E-state index in [-0.39, 0.29) is 30.9 Å². The summed E-state index contributed by atoms with van der Waals surface area (Å²) in [6.07, 6.45) is 2.78. The first-order valence-electron chi connectivity index (χ1n) is 19.0. The van der Waals surface area contributed by atoms with Crippen molar-refractivity contribution in [1.82, 2.24) is 15.0 Å². The summed E-state index contributed by atoms with van der Waals surface area (Å²) in [6, 6.07) is 31.0. The number of methoxy groups -OCH3 is 1. The Kier molecular flexibility index (Phi) is 9.68. The van der Waals surface area contributed by atoms with Gasteiger partial charge in [0.15, 0.2) is 5.60 Å². The topological polar surface area (TPSA) is 110 Å². The number of halogens is 1. The van der Waals surface area contributed by atoms with E-state index in [1.807, 2.05) is 104 Å². The molecule has 8 rings (SSSR count). The number of rotatable bonds is 11. The molecule has 1 spiro atoms. The van der Waals surface area contributed by atoms with E-state index in [2.05, 4.69) is 16.4 Å². The molecule has 4 aromatic carbocycles. The summed E-state index contributed by atoms with van der Waals surface area (Å²) in [4.78, 5) is 31.9. The minimum atomic E-state index is -3.42. The molecule has 0 bridgehead atoms. The van der Waals surface area contributed by atoms with Crippen LogP contribution in [0, 0.1) is 5.92 Å². The SMILES string of the molecule is COc1ccc2c(c1)[C@@]1(O[C@H](CCn3cc(C(CO)c4ccccc4)nn3)[C@@H]([Si](C)(C)F)[C@@H]1C)C(=O)N2Cc1cccc(N2C(=O)CCc3ccccc32)c1. The van der Waals surface area contributed by atoms with E-state index >= 15 is 8.90 Å². The molecule has 1 unspecified atom stereocenters. The summed E-state index contributed by atoms with van der Waals surface area (Å²) >= 11 is 0. The maximum absolute atomic E-state index is 16.6. The van der Waals surface area contributed by atoms with Crippen LogP contribution >= 0.6 is 0 Å². The van der Waals surface area contributed by atoms with Crippen LogP contribution in [0.3, 0.4) is 0 Å². The Morgan fingerprint density at radius 1 is 0.982 bits per heavy atom. The Hall–Kier alpha value is -5.17. The van der Waals surface area contributed by atoms with Gasteiger partial charge < -0.3 is 23.6 Å². The number of aliphatic hydroxyl groups excluding tert-OH is 1. The lowest BCUT2D eigenvalue weighted by molar-refractivity contribution is -0.146. The van der Waals surface area contributed by atoms with Crippen molar-refractivity contribution in [3.8, 4) is 5.75 Å². The minimum Gasteiger partial charge on any atom is -0.497 e. The van der Waals surface area contributed by atoms with Crippen LogP contribution in [0.5, 0.6) is 5.75 Å². The van der Waals surface area contributed by atoms with Crippen molar-refractivity contribution in [2.45, 2.75) is 75.5 Å². The highest BCUT2D eigenvalue weighted by Gasteiger charge is 2.66. The highest BCUT2D eigenvalue weighted by Crippen LogP contribution is 2.60. The average molecular weight is 760 g/mol. The smallest absolute Gasteiger partial charge is 0.264 e. The molecule has 1 N–H and O–H groups in total. The van der Waals surface area contributed by atoms with Gasteiger partial charge in [-0.3, -0.25) is 19.2 Å². The van der Waals surface area contributed by atoms with E-state index in [9.17, 15) is 9.90 Å². The van der Waals surface area contributed by atoms with Crippen molar-refractivity contribution >= 4 is 37.3 Å². The van der Waals surface area contributed by atoms with Crippen molar-refractivity contribution in [2.75, 3.05) is 23.5 Å². The fourth-order valence-electron chi connectivity index (χ4n) is 9.16. The maximum Gasteiger partial charge on any atom is 0.264 e. The monoisotopic (exact) mass is 759 g/mol. The normalized spacial score (nSPS) is 22.6. The van der Waals surface area contributed by atoms with Crippen LogP contribution in [-0.2, 0) is 39.4 Å². The third-order valence-electron chi connectivity index (χ3n) is 11.7. The standard InChI is InChI=1S/C43H46FN5O5Si/c1-28-41(55(3,4)44)39(21-22-47-26-36(45-46-47)34(27-50)30-12-6-5-7-13-30)54-43(28)35-24-33(53-2)18-19-38(35)48(42(43)52)25-29-11-10-15-32(23-29)49-37-16-9-8-14-31(37)17-20-40(49)51/h5-16,18-19,23-24,26,28,34,39,41,50H,17,20-22,25,27H2,1-4H3/t28-,34?,39+,41-,43+/m0/s1. The number of hydrogen-bond acceptors (Lipinski definition) is 7. The van der Waals surface area contributed by atoms with Crippen molar-refractivity contribution in [2.24, 2.45) is 5.92 Å². The largest absolute Gasteiger partial charge is 0.497 e. The molecule has 10 nitrogen and oxygen atoms in total. The summed E-state index contributed by atoms with van der Waals surface area (Å²) in [5.41, 5.74) is 4.59. The second-order valence-corrected chi connectivity index (χ2v) is 19.2. The van der Waals surface area contributed by atoms with Crippen molar-refractivity contribution in [3.05, 3.63) is 131 Å². The summed E-state index contributed by atoms with van der Waals surface area (Å²) in [5.74, 6) is -0.438. The number of para-hydroxylation sites is 1. The molecule has 12 heteroatoms. The van der Waals surface area contributed by atoms with Gasteiger partial charge in [0, 0.05) is 41.9 Å². The number of amides is 2. The molecule has 0 aliphatic carbocycles. The highest BCUT2D eigenvalue weighted by molar-refractivity contribution is 6.72. The number of anilines is 3. The van der Waals surface area contributed by atoms with Crippen LogP contribution in [0.15, 0.2) is 103 Å². The molecule has 5 aromatic rings. The van der Waals surface area contributed by atoms with Crippen molar-refractivity contribution < 1.29 is 28.3 Å². The Bertz CT molecular complexity index is 2230. The van der Waals surface area contributed by atoms with Gasteiger partial charge in [-0.05, 0) is 79.0 Å². The minimum absolute atomic E-state index is 0.0271. The van der Waals surface area contributed by atoms with Crippen LogP contribution in [0.1, 0.15) is 53.6 Å². The third-order valence-corrected chi connectivity index (χ3v) is 14.2. The van der Waals surface area contributed by atoms with Crippen molar-refractivity contribution in [3.63, 3.8) is 0 Å². The van der Waals surface area contributed by atoms with Gasteiger partial charge in [-0.15, -0.1) is 5.10 Å². The number of aromatic nitrogens is 3. The Labute approximate surface area is 321 Å². The van der Waals surface area contributed by atoms with E-state index in [4.69, 9.17) is 9.47 Å². The third kappa shape index (κ3) is 6.45. The lowest BCUT2D eigenvalue weighted by Gasteiger charge is -2.31. The van der Waals surface area contributed by atoms with E-state index in [1.165, 1.54) is 0 Å². The van der Waals surface area contributed by atoms with Crippen molar-refractivity contribution in [1.29, 1.82) is 0 Å². The zero-order valence-corrected chi connectivity index (χ0v) is 32.6. The molecule has 0 radical (unpaired) electrons. The fraction of sp³-hybridized carbons (Fsp3) is 0.349. The highest BCUT2D eigenvalue weighted by atomic mass is 28.4. The molecule has 1 fully saturated rings. The number of ether oxygens (including phenoxy) is 2. The predicted octanol–water partition coefficient (Wildman–Crippen LogP) is 7.43. The summed E-state index contributed by atoms with van der Waals surface area (Å²) in [6.45, 7) is 5.84. The maximum atomic E-state index is 16.6. The van der Waals surface area contributed by atoms with E-state index in [0.717, 1.165) is 28.1 Å². The molecule has 0 saturated carbocycles. The molecule has 4 heterocycles. The number of carbonyl (C=O) groups excluding carboxylic acids is 2. The summed E-state index contributed by atoms with van der Waals surface area (Å²) < 4.78 is 30.9. The lowest BCUT2D eigenvalue weighted by atomic mass is 9.82. The van der Waals surface area contributed by atoms with Gasteiger partial charge in [-0.1, -0.05) is 72.8 Å². The number of carbonyl (C=O) groups is 2. The number of hydrogen-bond donors (Lipinski definition) is 1. The first-order chi connectivity index (χ1) is 26.5. The number of nitrogens with zero attached hydrogens (tertiary/aromatic N) is 5. The fourth-order valence-corrected chi connectivity index (χ4v) is 11.7. The Morgan fingerprint density at radius 2 is 1.76 bits per heavy atom. The van der Waals surface area contributed by atoms with Gasteiger partial charge in [0.25, 0.3) is 5.91 Å². The van der Waals surface area contributed by atoms with E-state index < -0.39 is 31.6 Å². The summed E-state index contributed by atoms with van der Waals surface area (Å²) in [7, 11) is -1.83. The number of fused-ring (bicyclic) bond motifs is 3. The zero-order chi connectivity index (χ0) is 38.5. The second kappa shape index (κ2) is 14.5. The molecule has 2 amide bonds. The molecule has 1 saturated heterocycles. The second-order valence-electron chi connectivity index (χ2n) is 15.4. The Morgan fingerprint density at radius 3 is 2.53 bits per heavy atom. The van der Waals surface area contributed by atoms with Crippen LogP contribution in [0.25, 0.3) is 0 Å². The molecule has 3 aliphatic heterocycles. The van der Waals surface area contributed by atoms with Gasteiger partial charge in [0.05, 0.1) is 49.4 Å². The first-order valence-corrected chi connectivity index (χ1v) is 21.9. The molecular formula is C43H46FN5O5Si. The van der Waals surface area contributed by atoms with Gasteiger partial charge in [-0.2, -0.15) is 0 Å². The number of aryl methyl sites for hydroxylation is 2. The number of benzene rings is 4. The molecule has 284 valence electrons. The quantitative estimate of drug-likeness (QED) is 0.110. The van der Waals surface area contributed by atoms with Crippen LogP contribution < -0.4 is 14.5 Å². The molecule has 1 aromatic heterocycles. The van der Waals surface area contributed by atoms with Crippen LogP contribution in [0.4, 0.5) is 21.2 Å². The molecule has 3 aliphatic rings. The van der Waals surface area contributed by atoms with Gasteiger partial charge in [0.1, 0.15) is 5.75 Å². The Balaban J connectivity index is 1.10. The lowest BCUT2D eigenvalue weighted by Crippen LogP contribution is -2.45. The van der Waals surface area contributed by atoms with E-state index in [0.29, 0.717) is 48.5 Å². The summed E-state index contributed by atoms with van der Waals surface area (Å²) in [5, 5.41) is 18.9. The van der Waals surface area contributed by atoms with Crippen LogP contribution in [-0.4, -0.2) is 60.1 Å². The predicted molar refractivity (Wildman–Crippen MR) is 211 cm³/mol. The van der Waals surface area contributed by atoms with Gasteiger partial charge in [0.2, 0.25) is 14.3 Å². The first kappa shape index (κ1) is 36.8. The molecule has 5 atom stereocenters. The number of aliphatic hydroxyl groups is 1. The van der Waals surface area contributed by atoms with Gasteiger partial charge in [-0.25, -0.2) is 0 Å². The molecular weight excluding hydrogens is 714 g/mol. The van der Waals surface area contributed by atoms with E-state index in [1.54, 1.807) is 34.7 Å². The zero-order valence-electron chi connectivity index (χ0n) is 31.6. The van der Waals surface area contributed by atoms with Gasteiger partial charge >= 0.3 is 0 Å². The average Bonchev–Trinajstić information content (AvgIpc) is 3.84.